The molecule has 5 rings (SSSR count). The first-order valence-electron chi connectivity index (χ1n) is 10.3. The van der Waals surface area contributed by atoms with Crippen LogP contribution in [0.25, 0.3) is 22.0 Å². The average Bonchev–Trinajstić information content (AvgIpc) is 2.84. The van der Waals surface area contributed by atoms with Crippen LogP contribution in [-0.4, -0.2) is 4.57 Å². The van der Waals surface area contributed by atoms with Crippen molar-refractivity contribution in [1.29, 1.82) is 0 Å². The van der Waals surface area contributed by atoms with Gasteiger partial charge in [-0.3, -0.25) is 4.79 Å². The maximum Gasteiger partial charge on any atom is 0.259 e. The minimum Gasteiger partial charge on any atom is -0.311 e. The first-order chi connectivity index (χ1) is 15.3. The topological polar surface area (TPSA) is 22.0 Å². The highest BCUT2D eigenvalue weighted by Crippen LogP contribution is 2.38. The molecule has 0 unspecified atom stereocenters. The Morgan fingerprint density at radius 2 is 1.10 bits per heavy atom. The quantitative estimate of drug-likeness (QED) is 0.377. The van der Waals surface area contributed by atoms with Crippen molar-refractivity contribution in [3.8, 4) is 11.1 Å². The van der Waals surface area contributed by atoms with Gasteiger partial charge in [0.1, 0.15) is 0 Å². The Bertz CT molecular complexity index is 1350. The van der Waals surface area contributed by atoms with Crippen molar-refractivity contribution >= 4 is 34.7 Å². The fourth-order valence-corrected chi connectivity index (χ4v) is 6.72. The lowest BCUT2D eigenvalue weighted by atomic mass is 10.0. The largest absolute Gasteiger partial charge is 0.311 e. The van der Waals surface area contributed by atoms with E-state index in [1.54, 1.807) is 4.57 Å². The Morgan fingerprint density at radius 3 is 1.68 bits per heavy atom. The van der Waals surface area contributed by atoms with Gasteiger partial charge < -0.3 is 4.57 Å². The summed E-state index contributed by atoms with van der Waals surface area (Å²) in [6, 6.07) is 39.4. The molecule has 0 saturated carbocycles. The lowest BCUT2D eigenvalue weighted by molar-refractivity contribution is 0.915. The molecule has 1 aromatic heterocycles. The Balaban J connectivity index is 1.95. The summed E-state index contributed by atoms with van der Waals surface area (Å²) in [7, 11) is 0.847. The van der Waals surface area contributed by atoms with Gasteiger partial charge in [0.25, 0.3) is 5.56 Å². The number of aromatic nitrogens is 1. The SMILES string of the molecule is Cn1c(=O)c(P(c2ccccc2)c2ccccc2)c(-c2ccccc2)c2ccccc21. The van der Waals surface area contributed by atoms with Crippen LogP contribution in [0.4, 0.5) is 0 Å². The summed E-state index contributed by atoms with van der Waals surface area (Å²) in [6.45, 7) is 0. The summed E-state index contributed by atoms with van der Waals surface area (Å²) < 4.78 is 1.80. The van der Waals surface area contributed by atoms with E-state index in [9.17, 15) is 4.79 Å². The number of aryl methyl sites for hydroxylation is 1. The number of pyridine rings is 1. The van der Waals surface area contributed by atoms with Crippen molar-refractivity contribution in [3.63, 3.8) is 0 Å². The van der Waals surface area contributed by atoms with Gasteiger partial charge in [-0.15, -0.1) is 0 Å². The summed E-state index contributed by atoms with van der Waals surface area (Å²) in [5, 5.41) is 4.33. The molecule has 0 aliphatic rings. The van der Waals surface area contributed by atoms with Crippen LogP contribution >= 0.6 is 7.92 Å². The average molecular weight is 419 g/mol. The van der Waals surface area contributed by atoms with Crippen LogP contribution in [0.5, 0.6) is 0 Å². The number of benzene rings is 4. The smallest absolute Gasteiger partial charge is 0.259 e. The van der Waals surface area contributed by atoms with Crippen molar-refractivity contribution in [2.75, 3.05) is 0 Å². The van der Waals surface area contributed by atoms with Gasteiger partial charge in [0.2, 0.25) is 0 Å². The zero-order valence-corrected chi connectivity index (χ0v) is 18.2. The van der Waals surface area contributed by atoms with Gasteiger partial charge in [0, 0.05) is 18.0 Å². The van der Waals surface area contributed by atoms with Crippen LogP contribution < -0.4 is 21.5 Å². The Hall–Kier alpha value is -3.48. The van der Waals surface area contributed by atoms with E-state index in [1.807, 2.05) is 49.5 Å². The number of hydrogen-bond acceptors (Lipinski definition) is 1. The monoisotopic (exact) mass is 419 g/mol. The maximum absolute atomic E-state index is 13.9. The van der Waals surface area contributed by atoms with Crippen LogP contribution in [0.1, 0.15) is 0 Å². The molecule has 5 aromatic rings. The summed E-state index contributed by atoms with van der Waals surface area (Å²) in [6.07, 6.45) is 0. The minimum absolute atomic E-state index is 0.0661. The Labute approximate surface area is 183 Å². The fourth-order valence-electron chi connectivity index (χ4n) is 4.15. The molecule has 0 aliphatic carbocycles. The molecule has 0 N–H and O–H groups in total. The molecule has 2 nitrogen and oxygen atoms in total. The second-order valence-corrected chi connectivity index (χ2v) is 9.63. The highest BCUT2D eigenvalue weighted by atomic mass is 31.1. The van der Waals surface area contributed by atoms with Gasteiger partial charge in [-0.25, -0.2) is 0 Å². The van der Waals surface area contributed by atoms with Gasteiger partial charge >= 0.3 is 0 Å². The molecule has 0 spiro atoms. The van der Waals surface area contributed by atoms with E-state index in [1.165, 1.54) is 10.6 Å². The molecule has 0 saturated heterocycles. The fraction of sp³-hybridized carbons (Fsp3) is 0.0357. The van der Waals surface area contributed by atoms with E-state index in [4.69, 9.17) is 0 Å². The standard InChI is InChI=1S/C28H22NOP/c1-29-25-20-12-11-19-24(25)26(21-13-5-2-6-14-21)27(28(29)30)31(22-15-7-3-8-16-22)23-17-9-4-10-18-23/h2-20H,1H3. The summed E-state index contributed by atoms with van der Waals surface area (Å²) in [4.78, 5) is 13.9. The van der Waals surface area contributed by atoms with Crippen molar-refractivity contribution in [2.24, 2.45) is 7.05 Å². The molecule has 150 valence electrons. The van der Waals surface area contributed by atoms with E-state index in [0.29, 0.717) is 0 Å². The van der Waals surface area contributed by atoms with E-state index in [-0.39, 0.29) is 5.56 Å². The molecule has 0 atom stereocenters. The molecule has 0 aliphatic heterocycles. The minimum atomic E-state index is -1.03. The van der Waals surface area contributed by atoms with Crippen molar-refractivity contribution < 1.29 is 0 Å². The summed E-state index contributed by atoms with van der Waals surface area (Å²) >= 11 is 0. The lowest BCUT2D eigenvalue weighted by Crippen LogP contribution is -2.38. The Kier molecular flexibility index (Phi) is 5.24. The summed E-state index contributed by atoms with van der Waals surface area (Å²) in [5.74, 6) is 0. The third-order valence-corrected chi connectivity index (χ3v) is 8.08. The third kappa shape index (κ3) is 3.50. The molecular weight excluding hydrogens is 397 g/mol. The van der Waals surface area contributed by atoms with Gasteiger partial charge in [-0.05, 0) is 30.2 Å². The molecule has 4 aromatic carbocycles. The zero-order chi connectivity index (χ0) is 21.2. The van der Waals surface area contributed by atoms with Gasteiger partial charge in [-0.2, -0.15) is 0 Å². The second kappa shape index (κ2) is 8.34. The van der Waals surface area contributed by atoms with E-state index < -0.39 is 7.92 Å². The van der Waals surface area contributed by atoms with Crippen LogP contribution in [0.3, 0.4) is 0 Å². The van der Waals surface area contributed by atoms with Crippen molar-refractivity contribution in [1.82, 2.24) is 4.57 Å². The van der Waals surface area contributed by atoms with Crippen molar-refractivity contribution in [2.45, 2.75) is 0 Å². The van der Waals surface area contributed by atoms with Crippen LogP contribution in [-0.2, 0) is 7.05 Å². The predicted octanol–water partition coefficient (Wildman–Crippen LogP) is 4.96. The number of hydrogen-bond donors (Lipinski definition) is 0. The molecule has 0 bridgehead atoms. The van der Waals surface area contributed by atoms with Crippen LogP contribution in [0, 0.1) is 0 Å². The highest BCUT2D eigenvalue weighted by molar-refractivity contribution is 7.80. The molecule has 31 heavy (non-hydrogen) atoms. The van der Waals surface area contributed by atoms with Crippen LogP contribution in [0.15, 0.2) is 120 Å². The Morgan fingerprint density at radius 1 is 0.613 bits per heavy atom. The molecule has 0 radical (unpaired) electrons. The third-order valence-electron chi connectivity index (χ3n) is 5.59. The molecule has 1 heterocycles. The van der Waals surface area contributed by atoms with Crippen molar-refractivity contribution in [3.05, 3.63) is 126 Å². The second-order valence-electron chi connectivity index (χ2n) is 7.48. The predicted molar refractivity (Wildman–Crippen MR) is 133 cm³/mol. The number of para-hydroxylation sites is 1. The van der Waals surface area contributed by atoms with E-state index in [0.717, 1.165) is 27.3 Å². The van der Waals surface area contributed by atoms with Crippen LogP contribution in [0.2, 0.25) is 0 Å². The highest BCUT2D eigenvalue weighted by Gasteiger charge is 2.26. The van der Waals surface area contributed by atoms with Gasteiger partial charge in [0.05, 0.1) is 10.8 Å². The molecule has 0 amide bonds. The van der Waals surface area contributed by atoms with E-state index in [2.05, 4.69) is 72.8 Å². The first-order valence-corrected chi connectivity index (χ1v) is 11.7. The first kappa shape index (κ1) is 19.5. The lowest BCUT2D eigenvalue weighted by Gasteiger charge is -2.24. The summed E-state index contributed by atoms with van der Waals surface area (Å²) in [5.41, 5.74) is 3.13. The van der Waals surface area contributed by atoms with Gasteiger partial charge in [-0.1, -0.05) is 109 Å². The normalized spacial score (nSPS) is 11.2. The maximum atomic E-state index is 13.9. The number of nitrogens with zero attached hydrogens (tertiary/aromatic N) is 1. The zero-order valence-electron chi connectivity index (χ0n) is 17.3. The van der Waals surface area contributed by atoms with Gasteiger partial charge in [0.15, 0.2) is 0 Å². The number of fused-ring (bicyclic) bond motifs is 1. The molecule has 0 fully saturated rings. The number of rotatable bonds is 4. The molecule has 3 heteroatoms. The molecular formula is C28H22NOP. The van der Waals surface area contributed by atoms with E-state index >= 15 is 0 Å².